The quantitative estimate of drug-likeness (QED) is 0.205. The van der Waals surface area contributed by atoms with E-state index in [0.717, 1.165) is 71.7 Å². The van der Waals surface area contributed by atoms with E-state index < -0.39 is 11.4 Å². The Hall–Kier alpha value is -4.29. The van der Waals surface area contributed by atoms with Crippen LogP contribution >= 0.6 is 11.3 Å². The lowest BCUT2D eigenvalue weighted by molar-refractivity contribution is 0.0149. The molecule has 0 atom stereocenters. The molecule has 10 nitrogen and oxygen atoms in total. The number of nitrogens with zero attached hydrogens (tertiary/aromatic N) is 4. The Labute approximate surface area is 271 Å². The van der Waals surface area contributed by atoms with E-state index in [1.54, 1.807) is 23.2 Å². The van der Waals surface area contributed by atoms with Crippen molar-refractivity contribution >= 4 is 39.4 Å². The molecule has 3 aromatic heterocycles. The smallest absolute Gasteiger partial charge is 0.410 e. The summed E-state index contributed by atoms with van der Waals surface area (Å²) in [5.74, 6) is -0.0363. The van der Waals surface area contributed by atoms with Gasteiger partial charge in [-0.2, -0.15) is 0 Å². The summed E-state index contributed by atoms with van der Waals surface area (Å²) in [5.41, 5.74) is 2.52. The topological polar surface area (TPSA) is 109 Å². The number of piperidine rings is 1. The van der Waals surface area contributed by atoms with Crippen LogP contribution < -0.4 is 15.4 Å². The summed E-state index contributed by atoms with van der Waals surface area (Å²) in [6.45, 7) is 8.21. The number of amides is 3. The van der Waals surface area contributed by atoms with Gasteiger partial charge in [-0.05, 0) is 76.3 Å². The molecule has 2 aliphatic rings. The first kappa shape index (κ1) is 31.7. The first-order valence-corrected chi connectivity index (χ1v) is 16.4. The standard InChI is InChI=1S/C34H39FN6O4S/c1-34(2,3)45-33(43)40(4)24-12-15-41(16-13-24)20-21-5-9-26(37-19-21)30-18-27-31(46-30)29(11-14-36-27)44-28-10-8-23(17-25(28)35)39-32(42)38-22-6-7-22/h5,8-11,14,17-19,22,24H,6-7,12-13,15-16,20H2,1-4H3,(H2,38,39,42). The second-order valence-corrected chi connectivity index (χ2v) is 14.0. The zero-order valence-corrected chi connectivity index (χ0v) is 27.3. The number of benzene rings is 1. The average molecular weight is 647 g/mol. The van der Waals surface area contributed by atoms with E-state index in [1.807, 2.05) is 46.1 Å². The number of nitrogens with one attached hydrogen (secondary N) is 2. The molecule has 2 N–H and O–H groups in total. The minimum absolute atomic E-state index is 0.0543. The van der Waals surface area contributed by atoms with Gasteiger partial charge in [0, 0.05) is 69.0 Å². The van der Waals surface area contributed by atoms with Crippen molar-refractivity contribution in [2.45, 2.75) is 70.7 Å². The van der Waals surface area contributed by atoms with Gasteiger partial charge < -0.3 is 25.0 Å². The summed E-state index contributed by atoms with van der Waals surface area (Å²) in [6.07, 6.45) is 6.99. The molecule has 0 bridgehead atoms. The Morgan fingerprint density at radius 3 is 2.50 bits per heavy atom. The van der Waals surface area contributed by atoms with E-state index in [2.05, 4.69) is 26.6 Å². The first-order chi connectivity index (χ1) is 22.0. The third kappa shape index (κ3) is 7.91. The zero-order valence-electron chi connectivity index (χ0n) is 26.5. The molecule has 0 spiro atoms. The van der Waals surface area contributed by atoms with Crippen LogP contribution in [0.25, 0.3) is 20.8 Å². The number of pyridine rings is 2. The second-order valence-electron chi connectivity index (χ2n) is 12.9. The zero-order chi connectivity index (χ0) is 32.4. The van der Waals surface area contributed by atoms with Crippen LogP contribution in [-0.2, 0) is 11.3 Å². The van der Waals surface area contributed by atoms with Gasteiger partial charge in [0.2, 0.25) is 0 Å². The average Bonchev–Trinajstić information content (AvgIpc) is 3.71. The van der Waals surface area contributed by atoms with Crippen LogP contribution in [0.5, 0.6) is 11.5 Å². The van der Waals surface area contributed by atoms with Gasteiger partial charge in [0.15, 0.2) is 11.6 Å². The summed E-state index contributed by atoms with van der Waals surface area (Å²) in [5, 5.41) is 5.47. The van der Waals surface area contributed by atoms with Crippen LogP contribution in [0.2, 0.25) is 0 Å². The molecule has 1 saturated carbocycles. The molecule has 1 aromatic carbocycles. The van der Waals surface area contributed by atoms with E-state index in [4.69, 9.17) is 14.5 Å². The molecular weight excluding hydrogens is 607 g/mol. The number of likely N-dealkylation sites (tertiary alicyclic amines) is 1. The number of carbonyl (C=O) groups is 2. The van der Waals surface area contributed by atoms with Gasteiger partial charge in [0.1, 0.15) is 11.4 Å². The minimum atomic E-state index is -0.581. The normalized spacial score (nSPS) is 15.8. The van der Waals surface area contributed by atoms with Crippen molar-refractivity contribution in [2.24, 2.45) is 0 Å². The van der Waals surface area contributed by atoms with Crippen LogP contribution in [0.3, 0.4) is 0 Å². The predicted molar refractivity (Wildman–Crippen MR) is 177 cm³/mol. The monoisotopic (exact) mass is 646 g/mol. The summed E-state index contributed by atoms with van der Waals surface area (Å²) >= 11 is 1.48. The lowest BCUT2D eigenvalue weighted by atomic mass is 10.0. The van der Waals surface area contributed by atoms with Gasteiger partial charge in [0.25, 0.3) is 0 Å². The van der Waals surface area contributed by atoms with Crippen molar-refractivity contribution < 1.29 is 23.5 Å². The van der Waals surface area contributed by atoms with E-state index in [-0.39, 0.29) is 30.0 Å². The summed E-state index contributed by atoms with van der Waals surface area (Å²) in [6, 6.07) is 12.2. The number of anilines is 1. The molecule has 2 fully saturated rings. The van der Waals surface area contributed by atoms with Crippen molar-refractivity contribution in [3.8, 4) is 22.1 Å². The number of aromatic nitrogens is 2. The summed E-state index contributed by atoms with van der Waals surface area (Å²) in [7, 11) is 1.82. The third-order valence-electron chi connectivity index (χ3n) is 7.97. The van der Waals surface area contributed by atoms with E-state index in [0.29, 0.717) is 11.4 Å². The number of carbonyl (C=O) groups excluding carboxylic acids is 2. The lowest BCUT2D eigenvalue weighted by Gasteiger charge is -2.37. The van der Waals surface area contributed by atoms with Crippen LogP contribution in [-0.4, -0.2) is 69.7 Å². The molecule has 46 heavy (non-hydrogen) atoms. The molecule has 242 valence electrons. The van der Waals surface area contributed by atoms with E-state index in [9.17, 15) is 14.0 Å². The number of halogens is 1. The highest BCUT2D eigenvalue weighted by Crippen LogP contribution is 2.39. The molecule has 0 radical (unpaired) electrons. The fraction of sp³-hybridized carbons (Fsp3) is 0.412. The summed E-state index contributed by atoms with van der Waals surface area (Å²) < 4.78 is 27.2. The Bertz CT molecular complexity index is 1710. The maximum absolute atomic E-state index is 14.9. The third-order valence-corrected chi connectivity index (χ3v) is 9.13. The van der Waals surface area contributed by atoms with Crippen molar-refractivity contribution in [3.05, 3.63) is 66.2 Å². The predicted octanol–water partition coefficient (Wildman–Crippen LogP) is 7.40. The van der Waals surface area contributed by atoms with Crippen molar-refractivity contribution in [1.29, 1.82) is 0 Å². The summed E-state index contributed by atoms with van der Waals surface area (Å²) in [4.78, 5) is 38.7. The van der Waals surface area contributed by atoms with Crippen LogP contribution in [0.4, 0.5) is 19.7 Å². The second kappa shape index (κ2) is 13.2. The number of thiophene rings is 1. The van der Waals surface area contributed by atoms with Crippen molar-refractivity contribution in [2.75, 3.05) is 25.5 Å². The molecule has 1 aliphatic heterocycles. The number of fused-ring (bicyclic) bond motifs is 1. The molecule has 0 unspecified atom stereocenters. The number of urea groups is 1. The van der Waals surface area contributed by atoms with Gasteiger partial charge >= 0.3 is 12.1 Å². The Balaban J connectivity index is 1.06. The SMILES string of the molecule is CN(C(=O)OC(C)(C)C)C1CCN(Cc2ccc(-c3cc4nccc(Oc5ccc(NC(=O)NC6CC6)cc5F)c4s3)nc2)CC1. The number of hydrogen-bond donors (Lipinski definition) is 2. The molecule has 1 aliphatic carbocycles. The van der Waals surface area contributed by atoms with Gasteiger partial charge in [-0.3, -0.25) is 14.9 Å². The fourth-order valence-electron chi connectivity index (χ4n) is 5.35. The molecular formula is C34H39FN6O4S. The molecule has 3 amide bonds. The minimum Gasteiger partial charge on any atom is -0.453 e. The molecule has 12 heteroatoms. The highest BCUT2D eigenvalue weighted by molar-refractivity contribution is 7.22. The number of hydrogen-bond acceptors (Lipinski definition) is 8. The van der Waals surface area contributed by atoms with Crippen molar-refractivity contribution in [1.82, 2.24) is 25.1 Å². The molecule has 6 rings (SSSR count). The van der Waals surface area contributed by atoms with Crippen LogP contribution in [0, 0.1) is 5.82 Å². The van der Waals surface area contributed by atoms with Gasteiger partial charge in [-0.25, -0.2) is 14.0 Å². The fourth-order valence-corrected chi connectivity index (χ4v) is 6.39. The van der Waals surface area contributed by atoms with Crippen molar-refractivity contribution in [3.63, 3.8) is 0 Å². The molecule has 4 heterocycles. The number of rotatable bonds is 8. The molecule has 4 aromatic rings. The van der Waals surface area contributed by atoms with E-state index in [1.165, 1.54) is 23.5 Å². The Morgan fingerprint density at radius 1 is 1.04 bits per heavy atom. The maximum atomic E-state index is 14.9. The molecule has 1 saturated heterocycles. The first-order valence-electron chi connectivity index (χ1n) is 15.6. The Morgan fingerprint density at radius 2 is 1.83 bits per heavy atom. The Kier molecular flexibility index (Phi) is 9.10. The van der Waals surface area contributed by atoms with Gasteiger partial charge in [0.05, 0.1) is 20.8 Å². The van der Waals surface area contributed by atoms with E-state index >= 15 is 0 Å². The highest BCUT2D eigenvalue weighted by Gasteiger charge is 2.29. The van der Waals surface area contributed by atoms with Crippen LogP contribution in [0.1, 0.15) is 52.0 Å². The lowest BCUT2D eigenvalue weighted by Crippen LogP contribution is -2.46. The maximum Gasteiger partial charge on any atom is 0.410 e. The van der Waals surface area contributed by atoms with Gasteiger partial charge in [-0.1, -0.05) is 6.07 Å². The largest absolute Gasteiger partial charge is 0.453 e. The van der Waals surface area contributed by atoms with Crippen LogP contribution in [0.15, 0.2) is 54.9 Å². The van der Waals surface area contributed by atoms with Gasteiger partial charge in [-0.15, -0.1) is 11.3 Å². The number of ether oxygens (including phenoxy) is 2. The highest BCUT2D eigenvalue weighted by atomic mass is 32.1.